The molecule has 10 heteroatoms. The monoisotopic (exact) mass is 564 g/mol. The zero-order chi connectivity index (χ0) is 29.6. The maximum atomic E-state index is 12.9. The largest absolute Gasteiger partial charge is 0.338 e. The van der Waals surface area contributed by atoms with Crippen molar-refractivity contribution in [3.63, 3.8) is 0 Å². The van der Waals surface area contributed by atoms with Gasteiger partial charge in [0.05, 0.1) is 26.7 Å². The van der Waals surface area contributed by atoms with Gasteiger partial charge >= 0.3 is 0 Å². The van der Waals surface area contributed by atoms with Crippen LogP contribution in [0.3, 0.4) is 0 Å². The second-order valence-corrected chi connectivity index (χ2v) is 9.13. The van der Waals surface area contributed by atoms with Gasteiger partial charge in [-0.3, -0.25) is 19.2 Å². The van der Waals surface area contributed by atoms with E-state index in [4.69, 9.17) is 0 Å². The Balaban J connectivity index is 1.52. The van der Waals surface area contributed by atoms with Crippen molar-refractivity contribution in [1.82, 2.24) is 31.3 Å². The topological polar surface area (TPSA) is 123 Å². The molecule has 10 nitrogen and oxygen atoms in total. The normalized spacial score (nSPS) is 10.6. The summed E-state index contributed by atoms with van der Waals surface area (Å²) in [6, 6.07) is 34.9. The molecule has 0 heterocycles. The van der Waals surface area contributed by atoms with Crippen molar-refractivity contribution in [2.75, 3.05) is 26.7 Å². The number of nitrogens with zero attached hydrogens (tertiary/aromatic N) is 2. The zero-order valence-corrected chi connectivity index (χ0v) is 22.9. The van der Waals surface area contributed by atoms with Crippen LogP contribution in [0.25, 0.3) is 0 Å². The zero-order valence-electron chi connectivity index (χ0n) is 22.9. The number of carbonyl (C=O) groups excluding carboxylic acids is 4. The number of nitrogens with one attached hydrogen (secondary N) is 4. The van der Waals surface area contributed by atoms with E-state index in [0.29, 0.717) is 22.3 Å². The first kappa shape index (κ1) is 29.7. The van der Waals surface area contributed by atoms with Crippen LogP contribution in [0, 0.1) is 0 Å². The number of carbonyl (C=O) groups is 4. The quantitative estimate of drug-likeness (QED) is 0.146. The highest BCUT2D eigenvalue weighted by Gasteiger charge is 2.20. The summed E-state index contributed by atoms with van der Waals surface area (Å²) in [5, 5.41) is 14.6. The Kier molecular flexibility index (Phi) is 10.9. The summed E-state index contributed by atoms with van der Waals surface area (Å²) in [7, 11) is 0. The summed E-state index contributed by atoms with van der Waals surface area (Å²) in [5.74, 6) is -1.29. The summed E-state index contributed by atoms with van der Waals surface area (Å²) in [6.45, 7) is -0.146. The van der Waals surface area contributed by atoms with Crippen LogP contribution in [0.1, 0.15) is 41.4 Å². The van der Waals surface area contributed by atoms with Gasteiger partial charge in [-0.2, -0.15) is 10.0 Å². The van der Waals surface area contributed by atoms with Gasteiger partial charge in [0, 0.05) is 22.3 Å². The molecule has 0 aliphatic heterocycles. The van der Waals surface area contributed by atoms with Gasteiger partial charge in [0.1, 0.15) is 0 Å². The molecule has 4 aromatic carbocycles. The molecule has 0 aliphatic rings. The van der Waals surface area contributed by atoms with Gasteiger partial charge < -0.3 is 21.3 Å². The second-order valence-electron chi connectivity index (χ2n) is 9.13. The molecule has 4 amide bonds. The lowest BCUT2D eigenvalue weighted by Crippen LogP contribution is -2.58. The minimum absolute atomic E-state index is 0.0365. The molecule has 4 aromatic rings. The van der Waals surface area contributed by atoms with Crippen molar-refractivity contribution in [1.29, 1.82) is 0 Å². The third kappa shape index (κ3) is 8.85. The maximum Gasteiger partial charge on any atom is 0.252 e. The molecular weight excluding hydrogens is 532 g/mol. The van der Waals surface area contributed by atoms with Gasteiger partial charge in [0.15, 0.2) is 0 Å². The molecule has 0 aliphatic carbocycles. The van der Waals surface area contributed by atoms with Gasteiger partial charge in [-0.15, -0.1) is 0 Å². The minimum atomic E-state index is -0.323. The van der Waals surface area contributed by atoms with Crippen molar-refractivity contribution in [2.45, 2.75) is 0 Å². The van der Waals surface area contributed by atoms with Gasteiger partial charge in [-0.25, -0.2) is 0 Å². The molecule has 0 radical (unpaired) electrons. The Morgan fingerprint density at radius 2 is 0.548 bits per heavy atom. The predicted octanol–water partition coefficient (Wildman–Crippen LogP) is 3.06. The molecule has 214 valence electrons. The van der Waals surface area contributed by atoms with E-state index in [1.807, 2.05) is 24.3 Å². The number of hydrogen-bond acceptors (Lipinski definition) is 6. The van der Waals surface area contributed by atoms with Gasteiger partial charge in [-0.1, -0.05) is 72.8 Å². The highest BCUT2D eigenvalue weighted by atomic mass is 16.2. The van der Waals surface area contributed by atoms with E-state index in [0.717, 1.165) is 0 Å². The fraction of sp³-hybridized carbons (Fsp3) is 0.125. The summed E-state index contributed by atoms with van der Waals surface area (Å²) in [4.78, 5) is 51.4. The molecule has 0 unspecified atom stereocenters. The molecule has 0 aromatic heterocycles. The van der Waals surface area contributed by atoms with Crippen molar-refractivity contribution >= 4 is 23.6 Å². The van der Waals surface area contributed by atoms with Crippen LogP contribution in [0.4, 0.5) is 0 Å². The van der Waals surface area contributed by atoms with E-state index in [9.17, 15) is 19.2 Å². The maximum absolute atomic E-state index is 12.9. The predicted molar refractivity (Wildman–Crippen MR) is 159 cm³/mol. The van der Waals surface area contributed by atoms with Crippen LogP contribution in [0.5, 0.6) is 0 Å². The molecule has 0 fully saturated rings. The van der Waals surface area contributed by atoms with Crippen LogP contribution < -0.4 is 21.3 Å². The molecule has 0 atom stereocenters. The Morgan fingerprint density at radius 3 is 0.738 bits per heavy atom. The Hall–Kier alpha value is -5.32. The second kappa shape index (κ2) is 15.5. The molecule has 42 heavy (non-hydrogen) atoms. The number of amides is 4. The van der Waals surface area contributed by atoms with E-state index < -0.39 is 0 Å². The van der Waals surface area contributed by atoms with Crippen molar-refractivity contribution < 1.29 is 19.2 Å². The number of benzene rings is 4. The highest BCUT2D eigenvalue weighted by molar-refractivity contribution is 5.95. The first-order chi connectivity index (χ1) is 20.5. The van der Waals surface area contributed by atoms with Crippen LogP contribution >= 0.6 is 0 Å². The standard InChI is InChI=1S/C32H32N6O4/c39-29(25-13-5-1-6-14-25)33-21-37(22-34-30(40)26-15-7-2-8-16-26)38(23-35-31(41)27-17-9-3-10-18-27)24-36-32(42)28-19-11-4-12-20-28/h1-20H,21-24H2,(H,33,39)(H,34,40)(H,35,41)(H,36,42). The van der Waals surface area contributed by atoms with Crippen molar-refractivity contribution in [3.8, 4) is 0 Å². The smallest absolute Gasteiger partial charge is 0.252 e. The fourth-order valence-corrected chi connectivity index (χ4v) is 3.93. The molecule has 4 rings (SSSR count). The third-order valence-electron chi connectivity index (χ3n) is 6.23. The number of hydrogen-bond donors (Lipinski definition) is 4. The number of rotatable bonds is 13. The Bertz CT molecular complexity index is 1230. The van der Waals surface area contributed by atoms with Crippen LogP contribution in [0.2, 0.25) is 0 Å². The van der Waals surface area contributed by atoms with Gasteiger partial charge in [0.25, 0.3) is 23.6 Å². The molecule has 0 bridgehead atoms. The van der Waals surface area contributed by atoms with Crippen LogP contribution in [0.15, 0.2) is 121 Å². The van der Waals surface area contributed by atoms with E-state index >= 15 is 0 Å². The summed E-state index contributed by atoms with van der Waals surface area (Å²) >= 11 is 0. The first-order valence-electron chi connectivity index (χ1n) is 13.3. The summed E-state index contributed by atoms with van der Waals surface area (Å²) in [6.07, 6.45) is 0. The van der Waals surface area contributed by atoms with E-state index in [1.165, 1.54) is 0 Å². The van der Waals surface area contributed by atoms with Crippen LogP contribution in [-0.2, 0) is 0 Å². The fourth-order valence-electron chi connectivity index (χ4n) is 3.93. The van der Waals surface area contributed by atoms with E-state index in [2.05, 4.69) is 21.3 Å². The van der Waals surface area contributed by atoms with E-state index in [1.54, 1.807) is 107 Å². The SMILES string of the molecule is O=C(NCN(CNC(=O)c1ccccc1)N(CNC(=O)c1ccccc1)CNC(=O)c1ccccc1)c1ccccc1. The van der Waals surface area contributed by atoms with Gasteiger partial charge in [0.2, 0.25) is 0 Å². The lowest BCUT2D eigenvalue weighted by Gasteiger charge is -2.35. The average Bonchev–Trinajstić information content (AvgIpc) is 3.06. The summed E-state index contributed by atoms with van der Waals surface area (Å²) < 4.78 is 0. The average molecular weight is 565 g/mol. The van der Waals surface area contributed by atoms with Crippen LogP contribution in [-0.4, -0.2) is 60.3 Å². The Morgan fingerprint density at radius 1 is 0.357 bits per heavy atom. The highest BCUT2D eigenvalue weighted by Crippen LogP contribution is 2.04. The molecule has 4 N–H and O–H groups in total. The Labute approximate surface area is 244 Å². The lowest BCUT2D eigenvalue weighted by atomic mass is 10.2. The minimum Gasteiger partial charge on any atom is -0.338 e. The molecule has 0 saturated carbocycles. The van der Waals surface area contributed by atoms with Gasteiger partial charge in [-0.05, 0) is 48.5 Å². The summed E-state index contributed by atoms with van der Waals surface area (Å²) in [5.41, 5.74) is 1.86. The lowest BCUT2D eigenvalue weighted by molar-refractivity contribution is -0.0439. The molecule has 0 saturated heterocycles. The van der Waals surface area contributed by atoms with E-state index in [-0.39, 0.29) is 50.3 Å². The molecule has 0 spiro atoms. The van der Waals surface area contributed by atoms with Crippen molar-refractivity contribution in [2.24, 2.45) is 0 Å². The third-order valence-corrected chi connectivity index (χ3v) is 6.23. The first-order valence-corrected chi connectivity index (χ1v) is 13.3. The molecular formula is C32H32N6O4. The number of hydrazine groups is 1. The van der Waals surface area contributed by atoms with Crippen molar-refractivity contribution in [3.05, 3.63) is 144 Å².